The zero-order chi connectivity index (χ0) is 5.98. The highest BCUT2D eigenvalue weighted by molar-refractivity contribution is 4.59. The van der Waals surface area contributed by atoms with Gasteiger partial charge in [-0.2, -0.15) is 5.06 Å². The number of nitrogens with zero attached hydrogens (tertiary/aromatic N) is 1. The first-order valence-corrected chi connectivity index (χ1v) is 3.20. The van der Waals surface area contributed by atoms with Gasteiger partial charge < -0.3 is 0 Å². The van der Waals surface area contributed by atoms with Gasteiger partial charge in [0.2, 0.25) is 0 Å². The van der Waals surface area contributed by atoms with E-state index >= 15 is 0 Å². The molecule has 0 bridgehead atoms. The SMILES string of the molecule is CCN1CC(C)CO1. The first kappa shape index (κ1) is 6.05. The second-order valence-electron chi connectivity index (χ2n) is 2.38. The summed E-state index contributed by atoms with van der Waals surface area (Å²) in [6.07, 6.45) is 0. The van der Waals surface area contributed by atoms with Crippen molar-refractivity contribution in [2.45, 2.75) is 13.8 Å². The molecule has 0 aromatic heterocycles. The average Bonchev–Trinajstić information content (AvgIpc) is 2.14. The molecule has 1 rings (SSSR count). The molecule has 48 valence electrons. The average molecular weight is 115 g/mol. The highest BCUT2D eigenvalue weighted by atomic mass is 16.7. The van der Waals surface area contributed by atoms with E-state index in [-0.39, 0.29) is 0 Å². The first-order chi connectivity index (χ1) is 3.83. The van der Waals surface area contributed by atoms with Crippen LogP contribution in [0.1, 0.15) is 13.8 Å². The van der Waals surface area contributed by atoms with Crippen LogP contribution in [-0.2, 0) is 4.84 Å². The third kappa shape index (κ3) is 1.20. The van der Waals surface area contributed by atoms with E-state index in [2.05, 4.69) is 13.8 Å². The molecule has 1 unspecified atom stereocenters. The molecular formula is C6H13NO. The lowest BCUT2D eigenvalue weighted by Crippen LogP contribution is -2.17. The molecule has 0 aromatic rings. The van der Waals surface area contributed by atoms with Crippen molar-refractivity contribution in [1.82, 2.24) is 5.06 Å². The highest BCUT2D eigenvalue weighted by Gasteiger charge is 2.16. The van der Waals surface area contributed by atoms with Gasteiger partial charge in [0.1, 0.15) is 0 Å². The second kappa shape index (κ2) is 2.46. The quantitative estimate of drug-likeness (QED) is 0.503. The highest BCUT2D eigenvalue weighted by Crippen LogP contribution is 2.09. The minimum Gasteiger partial charge on any atom is -0.299 e. The summed E-state index contributed by atoms with van der Waals surface area (Å²) < 4.78 is 0. The fourth-order valence-corrected chi connectivity index (χ4v) is 0.906. The van der Waals surface area contributed by atoms with Crippen LogP contribution in [-0.4, -0.2) is 24.8 Å². The molecular weight excluding hydrogens is 102 g/mol. The van der Waals surface area contributed by atoms with E-state index in [9.17, 15) is 0 Å². The number of hydroxylamine groups is 2. The molecule has 2 heteroatoms. The van der Waals surface area contributed by atoms with Gasteiger partial charge >= 0.3 is 0 Å². The van der Waals surface area contributed by atoms with Crippen LogP contribution in [0.25, 0.3) is 0 Å². The second-order valence-corrected chi connectivity index (χ2v) is 2.38. The largest absolute Gasteiger partial charge is 0.299 e. The van der Waals surface area contributed by atoms with Gasteiger partial charge in [-0.05, 0) is 5.92 Å². The molecule has 1 heterocycles. The molecule has 0 saturated carbocycles. The molecule has 0 aliphatic carbocycles. The van der Waals surface area contributed by atoms with Crippen molar-refractivity contribution in [3.63, 3.8) is 0 Å². The Morgan fingerprint density at radius 3 is 2.75 bits per heavy atom. The summed E-state index contributed by atoms with van der Waals surface area (Å²) in [6.45, 7) is 7.35. The van der Waals surface area contributed by atoms with Crippen molar-refractivity contribution in [1.29, 1.82) is 0 Å². The van der Waals surface area contributed by atoms with Crippen molar-refractivity contribution in [2.75, 3.05) is 19.7 Å². The Bertz CT molecular complexity index is 74.9. The van der Waals surface area contributed by atoms with Crippen LogP contribution >= 0.6 is 0 Å². The van der Waals surface area contributed by atoms with Gasteiger partial charge in [0.15, 0.2) is 0 Å². The van der Waals surface area contributed by atoms with Gasteiger partial charge in [0.25, 0.3) is 0 Å². The van der Waals surface area contributed by atoms with Gasteiger partial charge in [-0.3, -0.25) is 4.84 Å². The monoisotopic (exact) mass is 115 g/mol. The van der Waals surface area contributed by atoms with Gasteiger partial charge in [0, 0.05) is 13.1 Å². The van der Waals surface area contributed by atoms with Crippen molar-refractivity contribution in [3.05, 3.63) is 0 Å². The maximum absolute atomic E-state index is 5.25. The Hall–Kier alpha value is -0.0800. The van der Waals surface area contributed by atoms with E-state index in [1.165, 1.54) is 0 Å². The molecule has 1 aliphatic heterocycles. The zero-order valence-electron chi connectivity index (χ0n) is 5.55. The summed E-state index contributed by atoms with van der Waals surface area (Å²) in [5, 5.41) is 2.00. The first-order valence-electron chi connectivity index (χ1n) is 3.20. The third-order valence-corrected chi connectivity index (χ3v) is 1.41. The van der Waals surface area contributed by atoms with Crippen LogP contribution in [0, 0.1) is 5.92 Å². The van der Waals surface area contributed by atoms with Crippen LogP contribution in [0.4, 0.5) is 0 Å². The van der Waals surface area contributed by atoms with Crippen molar-refractivity contribution >= 4 is 0 Å². The summed E-state index contributed by atoms with van der Waals surface area (Å²) in [7, 11) is 0. The maximum atomic E-state index is 5.25. The van der Waals surface area contributed by atoms with E-state index < -0.39 is 0 Å². The van der Waals surface area contributed by atoms with Gasteiger partial charge in [0.05, 0.1) is 6.61 Å². The Kier molecular flexibility index (Phi) is 1.86. The zero-order valence-corrected chi connectivity index (χ0v) is 5.55. The smallest absolute Gasteiger partial charge is 0.0723 e. The van der Waals surface area contributed by atoms with Crippen LogP contribution in [0.2, 0.25) is 0 Å². The molecule has 0 aromatic carbocycles. The third-order valence-electron chi connectivity index (χ3n) is 1.41. The summed E-state index contributed by atoms with van der Waals surface area (Å²) in [5.74, 6) is 0.731. The molecule has 1 atom stereocenters. The molecule has 2 nitrogen and oxygen atoms in total. The number of rotatable bonds is 1. The van der Waals surface area contributed by atoms with E-state index in [4.69, 9.17) is 4.84 Å². The minimum absolute atomic E-state index is 0.731. The summed E-state index contributed by atoms with van der Waals surface area (Å²) in [4.78, 5) is 5.25. The van der Waals surface area contributed by atoms with E-state index in [1.807, 2.05) is 5.06 Å². The molecule has 1 aliphatic rings. The van der Waals surface area contributed by atoms with Gasteiger partial charge in [-0.1, -0.05) is 13.8 Å². The predicted molar refractivity (Wildman–Crippen MR) is 32.4 cm³/mol. The molecule has 0 N–H and O–H groups in total. The van der Waals surface area contributed by atoms with Crippen molar-refractivity contribution in [3.8, 4) is 0 Å². The Morgan fingerprint density at radius 1 is 1.75 bits per heavy atom. The van der Waals surface area contributed by atoms with Crippen molar-refractivity contribution < 1.29 is 4.84 Å². The topological polar surface area (TPSA) is 12.5 Å². The lowest BCUT2D eigenvalue weighted by molar-refractivity contribution is -0.105. The minimum atomic E-state index is 0.731. The molecule has 1 fully saturated rings. The Balaban J connectivity index is 2.22. The molecule has 0 radical (unpaired) electrons. The number of hydrogen-bond acceptors (Lipinski definition) is 2. The van der Waals surface area contributed by atoms with Crippen LogP contribution in [0.3, 0.4) is 0 Å². The fraction of sp³-hybridized carbons (Fsp3) is 1.00. The van der Waals surface area contributed by atoms with Gasteiger partial charge in [-0.15, -0.1) is 0 Å². The standard InChI is InChI=1S/C6H13NO/c1-3-7-4-6(2)5-8-7/h6H,3-5H2,1-2H3. The summed E-state index contributed by atoms with van der Waals surface area (Å²) in [5.41, 5.74) is 0. The Morgan fingerprint density at radius 2 is 2.50 bits per heavy atom. The van der Waals surface area contributed by atoms with E-state index in [0.29, 0.717) is 0 Å². The summed E-state index contributed by atoms with van der Waals surface area (Å²) in [6, 6.07) is 0. The molecule has 1 saturated heterocycles. The maximum Gasteiger partial charge on any atom is 0.0723 e. The lowest BCUT2D eigenvalue weighted by Gasteiger charge is -2.08. The van der Waals surface area contributed by atoms with E-state index in [0.717, 1.165) is 25.6 Å². The van der Waals surface area contributed by atoms with Crippen LogP contribution in [0.15, 0.2) is 0 Å². The fourth-order valence-electron chi connectivity index (χ4n) is 0.906. The number of hydrogen-bond donors (Lipinski definition) is 0. The van der Waals surface area contributed by atoms with Crippen molar-refractivity contribution in [2.24, 2.45) is 5.92 Å². The van der Waals surface area contributed by atoms with E-state index in [1.54, 1.807) is 0 Å². The van der Waals surface area contributed by atoms with Crippen LogP contribution in [0.5, 0.6) is 0 Å². The molecule has 0 amide bonds. The van der Waals surface area contributed by atoms with Gasteiger partial charge in [-0.25, -0.2) is 0 Å². The normalized spacial score (nSPS) is 31.5. The Labute approximate surface area is 50.4 Å². The predicted octanol–water partition coefficient (Wildman–Crippen LogP) is 0.890. The summed E-state index contributed by atoms with van der Waals surface area (Å²) >= 11 is 0. The molecule has 8 heavy (non-hydrogen) atoms. The molecule has 0 spiro atoms. The van der Waals surface area contributed by atoms with Crippen LogP contribution < -0.4 is 0 Å². The lowest BCUT2D eigenvalue weighted by atomic mass is 10.2.